The number of hydrogen-bond acceptors (Lipinski definition) is 25. The van der Waals surface area contributed by atoms with Crippen LogP contribution in [0.3, 0.4) is 0 Å². The average Bonchev–Trinajstić information content (AvgIpc) is 1.60. The number of carboxylic acid groups (broad SMARTS) is 1. The number of ether oxygens (including phenoxy) is 1. The van der Waals surface area contributed by atoms with E-state index in [2.05, 4.69) is 137 Å². The van der Waals surface area contributed by atoms with E-state index in [-0.39, 0.29) is 153 Å². The predicted molar refractivity (Wildman–Crippen MR) is 541 cm³/mol. The van der Waals surface area contributed by atoms with Gasteiger partial charge in [0.2, 0.25) is 17.5 Å². The van der Waals surface area contributed by atoms with Gasteiger partial charge in [-0.1, -0.05) is 181 Å². The molecular formula is C109H125ClN22O12. The number of nitrogens with zero attached hydrogens (tertiary/aromatic N) is 13. The fourth-order valence-corrected chi connectivity index (χ4v) is 19.7. The number of ketones is 5. The molecule has 5 atom stereocenters. The number of Topliss-reactive ketones (excluding diaryl/α,β-unsaturated/α-hetero) is 5. The number of nitrogens with two attached hydrogens (primary N) is 1. The monoisotopic (exact) mass is 1970 g/mol. The van der Waals surface area contributed by atoms with Gasteiger partial charge in [-0.3, -0.25) is 83.7 Å². The summed E-state index contributed by atoms with van der Waals surface area (Å²) in [6.07, 6.45) is 25.6. The SMILES string of the molecule is C.C.C.C.CC(C)(C)OC(=O)NC1CC2(CC2)c2cccnc2CC1=O.Cl.NC1CC2(CC2)c2cccnc2CC1=O.O=C(NC1CC2(CC2)c2cccnc2CC1=O)c1n[nH]c(Cc2ccccc2)n1.O=C(N[C@@H]1CC2(CC2)c2cccnc2CC1=O)c1n[nH]c(Cc2ccccc2)n1.O=C(N[C@H]1CC2(CC2)c2cccnc2CC1=O)c1n[nH]c(Cc2ccccc2)n1.O=C(O)c1n[nH]c(Cc2ccccc2)n1. The van der Waals surface area contributed by atoms with Crippen LogP contribution in [-0.2, 0) is 114 Å². The first kappa shape index (κ1) is 106. The van der Waals surface area contributed by atoms with E-state index in [4.69, 9.17) is 15.6 Å². The predicted octanol–water partition coefficient (Wildman–Crippen LogP) is 13.9. The number of fused-ring (bicyclic) bond motifs is 10. The summed E-state index contributed by atoms with van der Waals surface area (Å²) in [5.41, 5.74) is 20.0. The Balaban J connectivity index is 0.000000146. The number of carbonyl (C=O) groups excluding carboxylic acids is 9. The largest absolute Gasteiger partial charge is 0.475 e. The molecule has 4 aromatic carbocycles. The van der Waals surface area contributed by atoms with Gasteiger partial charge in [-0.05, 0) is 225 Å². The Kier molecular flexibility index (Phi) is 33.5. The summed E-state index contributed by atoms with van der Waals surface area (Å²) in [6.45, 7) is 5.43. The van der Waals surface area contributed by atoms with Gasteiger partial charge < -0.3 is 36.8 Å². The van der Waals surface area contributed by atoms with Crippen LogP contribution in [0.2, 0.25) is 0 Å². The minimum Gasteiger partial charge on any atom is -0.475 e. The molecule has 9 aromatic heterocycles. The van der Waals surface area contributed by atoms with Crippen LogP contribution >= 0.6 is 12.4 Å². The third-order valence-corrected chi connectivity index (χ3v) is 27.6. The Morgan fingerprint density at radius 2 is 0.569 bits per heavy atom. The molecule has 10 aliphatic rings. The topological polar surface area (TPSA) is 505 Å². The highest BCUT2D eigenvalue weighted by atomic mass is 35.5. The molecule has 5 saturated carbocycles. The zero-order chi connectivity index (χ0) is 96.6. The van der Waals surface area contributed by atoms with Crippen LogP contribution in [0.25, 0.3) is 0 Å². The van der Waals surface area contributed by atoms with Crippen molar-refractivity contribution in [1.29, 1.82) is 0 Å². The van der Waals surface area contributed by atoms with Crippen LogP contribution in [-0.4, -0.2) is 185 Å². The smallest absolute Gasteiger partial charge is 0.408 e. The van der Waals surface area contributed by atoms with Crippen molar-refractivity contribution in [2.75, 3.05) is 0 Å². The van der Waals surface area contributed by atoms with Gasteiger partial charge in [-0.2, -0.15) is 0 Å². The van der Waals surface area contributed by atoms with Crippen molar-refractivity contribution in [3.63, 3.8) is 0 Å². The van der Waals surface area contributed by atoms with Gasteiger partial charge in [0, 0.05) is 56.7 Å². The third-order valence-electron chi connectivity index (χ3n) is 27.6. The van der Waals surface area contributed by atoms with Gasteiger partial charge in [-0.15, -0.1) is 32.8 Å². The molecule has 11 N–H and O–H groups in total. The maximum Gasteiger partial charge on any atom is 0.408 e. The standard InChI is InChI=1S/3C22H21N5O2.C17H22N2O3.C12H14N2O.C10H9N3O2.4CH4.ClH/c3*28-18-12-16-15(7-4-10-23-16)22(8-9-22)13-17(18)24-21(29)20-25-19(26-27-20)11-14-5-2-1-3-6-14;1-16(2,3)22-15(21)19-13-10-17(6-7-17)11-5-4-8-18-12(11)9-14(13)20;13-9-7-12(3-4-12)8-2-1-5-14-10(8)6-11(9)15;14-10(15)9-11-8(12-13-9)6-7-4-2-1-3-5-7;;;;;/h3*1-7,10,17H,8-9,11-13H2,(H,24,29)(H,25,26,27);4-5,8,13H,6-7,9-10H2,1-3H3,(H,19,21);1-2,5,9H,3-4,6-7,13H2;1-5H,6H2,(H,14,15)(H,11,12,13);4*1H4;1H/t2*17-;;;;;;;;;/m10........./s1. The van der Waals surface area contributed by atoms with Crippen LogP contribution in [0.15, 0.2) is 213 Å². The number of amides is 4. The van der Waals surface area contributed by atoms with Gasteiger partial charge in [0.15, 0.2) is 28.9 Å². The number of pyridine rings is 5. The lowest BCUT2D eigenvalue weighted by atomic mass is 9.90. The highest BCUT2D eigenvalue weighted by Crippen LogP contribution is 2.58. The van der Waals surface area contributed by atoms with Crippen LogP contribution in [0.4, 0.5) is 4.79 Å². The van der Waals surface area contributed by atoms with Crippen molar-refractivity contribution in [2.24, 2.45) is 5.73 Å². The first-order valence-corrected chi connectivity index (χ1v) is 47.2. The van der Waals surface area contributed by atoms with E-state index < -0.39 is 59.6 Å². The average molecular weight is 1970 g/mol. The molecule has 0 radical (unpaired) electrons. The van der Waals surface area contributed by atoms with E-state index in [1.54, 1.807) is 31.0 Å². The molecule has 35 heteroatoms. The number of benzene rings is 4. The molecule has 0 bridgehead atoms. The summed E-state index contributed by atoms with van der Waals surface area (Å²) in [7, 11) is 0. The Labute approximate surface area is 842 Å². The zero-order valence-corrected chi connectivity index (χ0v) is 78.6. The van der Waals surface area contributed by atoms with Gasteiger partial charge in [0.1, 0.15) is 28.9 Å². The number of carboxylic acids is 1. The normalized spacial score (nSPS) is 19.1. The van der Waals surface area contributed by atoms with Crippen molar-refractivity contribution in [3.05, 3.63) is 338 Å². The fourth-order valence-electron chi connectivity index (χ4n) is 19.7. The highest BCUT2D eigenvalue weighted by Gasteiger charge is 2.55. The van der Waals surface area contributed by atoms with E-state index in [9.17, 15) is 47.9 Å². The molecule has 13 aromatic rings. The summed E-state index contributed by atoms with van der Waals surface area (Å²) in [5.74, 6) is 0.118. The Morgan fingerprint density at radius 3 is 0.806 bits per heavy atom. The zero-order valence-electron chi connectivity index (χ0n) is 77.8. The van der Waals surface area contributed by atoms with Crippen molar-refractivity contribution < 1.29 is 57.8 Å². The van der Waals surface area contributed by atoms with E-state index in [0.29, 0.717) is 81.1 Å². The lowest BCUT2D eigenvalue weighted by Crippen LogP contribution is -2.44. The second-order valence-corrected chi connectivity index (χ2v) is 38.9. The number of aromatic amines is 4. The summed E-state index contributed by atoms with van der Waals surface area (Å²) < 4.78 is 5.28. The number of carbonyl (C=O) groups is 10. The first-order valence-electron chi connectivity index (χ1n) is 47.2. The number of nitrogens with one attached hydrogen (secondary N) is 8. The van der Waals surface area contributed by atoms with Crippen molar-refractivity contribution in [1.82, 2.24) is 107 Å². The lowest BCUT2D eigenvalue weighted by Gasteiger charge is -2.24. The molecule has 4 amide bonds. The second-order valence-electron chi connectivity index (χ2n) is 38.9. The second kappa shape index (κ2) is 45.5. The molecule has 0 saturated heterocycles. The van der Waals surface area contributed by atoms with Crippen LogP contribution < -0.4 is 27.0 Å². The molecule has 9 heterocycles. The molecule has 144 heavy (non-hydrogen) atoms. The molecule has 23 rings (SSSR count). The van der Waals surface area contributed by atoms with Crippen molar-refractivity contribution >= 4 is 71.1 Å². The van der Waals surface area contributed by atoms with E-state index in [1.165, 1.54) is 11.1 Å². The Hall–Kier alpha value is -15.1. The summed E-state index contributed by atoms with van der Waals surface area (Å²) in [5, 5.41) is 46.8. The van der Waals surface area contributed by atoms with Gasteiger partial charge in [0.25, 0.3) is 23.5 Å². The fraction of sp³-hybridized carbons (Fsp3) is 0.385. The quantitative estimate of drug-likeness (QED) is 0.0429. The van der Waals surface area contributed by atoms with Crippen LogP contribution in [0, 0.1) is 0 Å². The first-order chi connectivity index (χ1) is 67.1. The summed E-state index contributed by atoms with van der Waals surface area (Å²) in [6, 6.07) is 56.8. The number of aromatic carboxylic acids is 1. The molecular weight excluding hydrogens is 1840 g/mol. The number of halogens is 1. The lowest BCUT2D eigenvalue weighted by molar-refractivity contribution is -0.121. The molecule has 34 nitrogen and oxygen atoms in total. The third kappa shape index (κ3) is 25.5. The van der Waals surface area contributed by atoms with Crippen molar-refractivity contribution in [3.8, 4) is 0 Å². The van der Waals surface area contributed by atoms with E-state index in [0.717, 1.165) is 138 Å². The van der Waals surface area contributed by atoms with Gasteiger partial charge in [-0.25, -0.2) is 29.5 Å². The molecule has 3 unspecified atom stereocenters. The summed E-state index contributed by atoms with van der Waals surface area (Å²) in [4.78, 5) is 162. The highest BCUT2D eigenvalue weighted by molar-refractivity contribution is 5.99. The molecule has 0 aliphatic heterocycles. The maximum absolute atomic E-state index is 12.8. The van der Waals surface area contributed by atoms with E-state index in [1.807, 2.05) is 172 Å². The number of alkyl carbamates (subject to hydrolysis) is 1. The maximum atomic E-state index is 12.8. The number of H-pyrrole nitrogens is 4. The van der Waals surface area contributed by atoms with Crippen LogP contribution in [0.5, 0.6) is 0 Å². The van der Waals surface area contributed by atoms with Gasteiger partial charge in [0.05, 0.1) is 90.8 Å². The van der Waals surface area contributed by atoms with Gasteiger partial charge >= 0.3 is 12.1 Å². The molecule has 5 spiro atoms. The number of aromatic nitrogens is 17. The Morgan fingerprint density at radius 1 is 0.340 bits per heavy atom. The van der Waals surface area contributed by atoms with Crippen molar-refractivity contribution in [2.45, 2.75) is 267 Å². The molecule has 5 fully saturated rings. The minimum atomic E-state index is -1.12. The Bertz CT molecular complexity index is 6330. The molecule has 750 valence electrons. The van der Waals surface area contributed by atoms with Crippen LogP contribution in [0.1, 0.15) is 291 Å². The van der Waals surface area contributed by atoms with E-state index >= 15 is 0 Å². The summed E-state index contributed by atoms with van der Waals surface area (Å²) >= 11 is 0. The number of rotatable bonds is 16. The molecule has 10 aliphatic carbocycles. The number of hydrogen-bond donors (Lipinski definition) is 10. The minimum absolute atomic E-state index is 0.